The molecule has 0 aliphatic carbocycles. The Bertz CT molecular complexity index is 854. The van der Waals surface area contributed by atoms with Gasteiger partial charge >= 0.3 is 6.03 Å². The van der Waals surface area contributed by atoms with Crippen LogP contribution in [0.3, 0.4) is 0 Å². The largest absolute Gasteiger partial charge is 0.324 e. The zero-order chi connectivity index (χ0) is 20.1. The van der Waals surface area contributed by atoms with Crippen LogP contribution in [0, 0.1) is 5.82 Å². The number of Topliss-reactive ketones (excluding diaryl/α,β-unsaturated/α-hetero) is 1. The molecule has 1 aromatic carbocycles. The van der Waals surface area contributed by atoms with E-state index >= 15 is 0 Å². The van der Waals surface area contributed by atoms with Crippen LogP contribution < -0.4 is 10.6 Å². The van der Waals surface area contributed by atoms with E-state index in [0.29, 0.717) is 30.0 Å². The molecule has 1 aromatic heterocycles. The van der Waals surface area contributed by atoms with Crippen LogP contribution in [0.15, 0.2) is 36.5 Å². The average Bonchev–Trinajstić information content (AvgIpc) is 2.74. The van der Waals surface area contributed by atoms with Crippen LogP contribution in [0.1, 0.15) is 35.3 Å². The molecule has 0 bridgehead atoms. The zero-order valence-corrected chi connectivity index (χ0v) is 16.2. The van der Waals surface area contributed by atoms with Crippen molar-refractivity contribution in [2.45, 2.75) is 25.8 Å². The maximum Gasteiger partial charge on any atom is 0.324 e. The van der Waals surface area contributed by atoms with Gasteiger partial charge in [-0.3, -0.25) is 14.7 Å². The third-order valence-corrected chi connectivity index (χ3v) is 5.01. The SMILES string of the molecule is NCC(=O)c1ccc(CN(C(=O)N2CCCCC2)c2ccc(F)c(Cl)c2)nc1. The Hall–Kier alpha value is -2.51. The minimum Gasteiger partial charge on any atom is -0.324 e. The van der Waals surface area contributed by atoms with E-state index in [4.69, 9.17) is 17.3 Å². The molecule has 1 aliphatic rings. The van der Waals surface area contributed by atoms with Crippen molar-refractivity contribution >= 4 is 29.1 Å². The Morgan fingerprint density at radius 1 is 1.18 bits per heavy atom. The zero-order valence-electron chi connectivity index (χ0n) is 15.4. The van der Waals surface area contributed by atoms with Crippen molar-refractivity contribution in [3.8, 4) is 0 Å². The maximum absolute atomic E-state index is 13.6. The van der Waals surface area contributed by atoms with Crippen LogP contribution in [-0.2, 0) is 6.54 Å². The van der Waals surface area contributed by atoms with Crippen molar-refractivity contribution < 1.29 is 14.0 Å². The summed E-state index contributed by atoms with van der Waals surface area (Å²) in [7, 11) is 0. The van der Waals surface area contributed by atoms with Gasteiger partial charge in [0.2, 0.25) is 0 Å². The topological polar surface area (TPSA) is 79.5 Å². The second kappa shape index (κ2) is 9.12. The number of rotatable bonds is 5. The van der Waals surface area contributed by atoms with Crippen molar-refractivity contribution in [1.29, 1.82) is 0 Å². The molecule has 0 radical (unpaired) electrons. The van der Waals surface area contributed by atoms with Gasteiger partial charge in [0.1, 0.15) is 5.82 Å². The number of urea groups is 1. The number of nitrogens with zero attached hydrogens (tertiary/aromatic N) is 3. The summed E-state index contributed by atoms with van der Waals surface area (Å²) in [6.45, 7) is 1.45. The Morgan fingerprint density at radius 2 is 1.93 bits per heavy atom. The van der Waals surface area contributed by atoms with Gasteiger partial charge in [0.05, 0.1) is 23.8 Å². The number of carbonyl (C=O) groups excluding carboxylic acids is 2. The van der Waals surface area contributed by atoms with Crippen molar-refractivity contribution in [3.63, 3.8) is 0 Å². The Kier molecular flexibility index (Phi) is 6.59. The summed E-state index contributed by atoms with van der Waals surface area (Å²) in [5.74, 6) is -0.746. The predicted octanol–water partition coefficient (Wildman–Crippen LogP) is 3.63. The molecule has 1 aliphatic heterocycles. The fraction of sp³-hybridized carbons (Fsp3) is 0.350. The summed E-state index contributed by atoms with van der Waals surface area (Å²) < 4.78 is 13.6. The number of amides is 2. The van der Waals surface area contributed by atoms with Gasteiger partial charge in [-0.1, -0.05) is 11.6 Å². The summed E-state index contributed by atoms with van der Waals surface area (Å²) in [6, 6.07) is 7.35. The molecule has 8 heteroatoms. The lowest BCUT2D eigenvalue weighted by Gasteiger charge is -2.33. The van der Waals surface area contributed by atoms with Crippen LogP contribution >= 0.6 is 11.6 Å². The lowest BCUT2D eigenvalue weighted by Crippen LogP contribution is -2.45. The molecule has 2 amide bonds. The summed E-state index contributed by atoms with van der Waals surface area (Å²) in [4.78, 5) is 32.4. The Labute approximate surface area is 168 Å². The number of likely N-dealkylation sites (tertiary alicyclic amines) is 1. The number of ketones is 1. The van der Waals surface area contributed by atoms with E-state index in [1.807, 2.05) is 0 Å². The summed E-state index contributed by atoms with van der Waals surface area (Å²) in [6.07, 6.45) is 4.46. The molecule has 0 spiro atoms. The molecule has 0 saturated carbocycles. The second-order valence-electron chi connectivity index (χ2n) is 6.68. The van der Waals surface area contributed by atoms with Gasteiger partial charge in [0.15, 0.2) is 5.78 Å². The summed E-state index contributed by atoms with van der Waals surface area (Å²) in [5.41, 5.74) is 6.88. The van der Waals surface area contributed by atoms with Crippen LogP contribution in [-0.4, -0.2) is 41.3 Å². The molecule has 2 aromatic rings. The van der Waals surface area contributed by atoms with Gasteiger partial charge in [-0.15, -0.1) is 0 Å². The smallest absolute Gasteiger partial charge is 0.324 e. The summed E-state index contributed by atoms with van der Waals surface area (Å²) >= 11 is 5.93. The van der Waals surface area contributed by atoms with Crippen molar-refractivity contribution in [3.05, 3.63) is 58.6 Å². The predicted molar refractivity (Wildman–Crippen MR) is 106 cm³/mol. The highest BCUT2D eigenvalue weighted by molar-refractivity contribution is 6.31. The number of carbonyl (C=O) groups is 2. The lowest BCUT2D eigenvalue weighted by atomic mass is 10.1. The van der Waals surface area contributed by atoms with Crippen molar-refractivity contribution in [1.82, 2.24) is 9.88 Å². The van der Waals surface area contributed by atoms with Gasteiger partial charge < -0.3 is 10.6 Å². The van der Waals surface area contributed by atoms with Crippen LogP contribution in [0.4, 0.5) is 14.9 Å². The lowest BCUT2D eigenvalue weighted by molar-refractivity contribution is 0.100. The van der Waals surface area contributed by atoms with E-state index in [2.05, 4.69) is 4.98 Å². The first-order valence-electron chi connectivity index (χ1n) is 9.19. The third kappa shape index (κ3) is 4.66. The average molecular weight is 405 g/mol. The minimum absolute atomic E-state index is 0.0502. The van der Waals surface area contributed by atoms with Crippen LogP contribution in [0.5, 0.6) is 0 Å². The van der Waals surface area contributed by atoms with Gasteiger partial charge in [0, 0.05) is 30.5 Å². The first-order chi connectivity index (χ1) is 13.5. The maximum atomic E-state index is 13.6. The molecular weight excluding hydrogens is 383 g/mol. The molecule has 3 rings (SSSR count). The van der Waals surface area contributed by atoms with E-state index in [9.17, 15) is 14.0 Å². The van der Waals surface area contributed by atoms with E-state index < -0.39 is 5.82 Å². The van der Waals surface area contributed by atoms with Gasteiger partial charge in [-0.05, 0) is 49.6 Å². The fourth-order valence-corrected chi connectivity index (χ4v) is 3.32. The number of aromatic nitrogens is 1. The first kappa shape index (κ1) is 20.2. The first-order valence-corrected chi connectivity index (χ1v) is 9.57. The number of anilines is 1. The number of halogens is 2. The molecule has 148 valence electrons. The normalized spacial score (nSPS) is 14.0. The highest BCUT2D eigenvalue weighted by Gasteiger charge is 2.25. The third-order valence-electron chi connectivity index (χ3n) is 4.72. The molecule has 2 heterocycles. The number of piperidine rings is 1. The quantitative estimate of drug-likeness (QED) is 0.772. The van der Waals surface area contributed by atoms with Gasteiger partial charge in [-0.2, -0.15) is 0 Å². The van der Waals surface area contributed by atoms with E-state index in [1.54, 1.807) is 17.0 Å². The molecule has 1 fully saturated rings. The van der Waals surface area contributed by atoms with Crippen LogP contribution in [0.25, 0.3) is 0 Å². The Morgan fingerprint density at radius 3 is 2.54 bits per heavy atom. The van der Waals surface area contributed by atoms with Gasteiger partial charge in [-0.25, -0.2) is 9.18 Å². The molecule has 0 atom stereocenters. The second-order valence-corrected chi connectivity index (χ2v) is 7.09. The molecule has 2 N–H and O–H groups in total. The van der Waals surface area contributed by atoms with Crippen LogP contribution in [0.2, 0.25) is 5.02 Å². The van der Waals surface area contributed by atoms with E-state index in [1.165, 1.54) is 29.3 Å². The number of hydrogen-bond acceptors (Lipinski definition) is 4. The number of nitrogens with two attached hydrogens (primary N) is 1. The van der Waals surface area contributed by atoms with Gasteiger partial charge in [0.25, 0.3) is 0 Å². The molecule has 1 saturated heterocycles. The van der Waals surface area contributed by atoms with Crippen molar-refractivity contribution in [2.75, 3.05) is 24.5 Å². The molecular formula is C20H22ClFN4O2. The molecule has 0 unspecified atom stereocenters. The fourth-order valence-electron chi connectivity index (χ4n) is 3.14. The van der Waals surface area contributed by atoms with E-state index in [0.717, 1.165) is 19.3 Å². The van der Waals surface area contributed by atoms with Crippen molar-refractivity contribution in [2.24, 2.45) is 5.73 Å². The molecule has 28 heavy (non-hydrogen) atoms. The molecule has 6 nitrogen and oxygen atoms in total. The highest BCUT2D eigenvalue weighted by atomic mass is 35.5. The Balaban J connectivity index is 1.87. The monoisotopic (exact) mass is 404 g/mol. The number of hydrogen-bond donors (Lipinski definition) is 1. The van der Waals surface area contributed by atoms with E-state index in [-0.39, 0.29) is 29.9 Å². The standard InChI is InChI=1S/C20H22ClFN4O2/c21-17-10-16(6-7-18(17)22)26(20(28)25-8-2-1-3-9-25)13-15-5-4-14(12-24-15)19(27)11-23/h4-7,10,12H,1-3,8-9,11,13,23H2. The minimum atomic E-state index is -0.543. The highest BCUT2D eigenvalue weighted by Crippen LogP contribution is 2.26. The number of benzene rings is 1. The summed E-state index contributed by atoms with van der Waals surface area (Å²) in [5, 5.41) is -0.0502. The number of pyridine rings is 1.